The summed E-state index contributed by atoms with van der Waals surface area (Å²) in [6, 6.07) is 8.05. The maximum atomic E-state index is 11.9. The van der Waals surface area contributed by atoms with Gasteiger partial charge in [0, 0.05) is 55.3 Å². The molecular formula is C25H38ClNO5S. The van der Waals surface area contributed by atoms with Crippen LogP contribution in [0.3, 0.4) is 0 Å². The zero-order valence-electron chi connectivity index (χ0n) is 19.5. The van der Waals surface area contributed by atoms with E-state index in [-0.39, 0.29) is 18.0 Å². The topological polar surface area (TPSA) is 68.2 Å². The normalized spacial score (nSPS) is 23.6. The summed E-state index contributed by atoms with van der Waals surface area (Å²) >= 11 is 8.43. The van der Waals surface area contributed by atoms with Gasteiger partial charge in [-0.15, -0.1) is 23.4 Å². The van der Waals surface area contributed by atoms with Crippen LogP contribution in [0.2, 0.25) is 0 Å². The van der Waals surface area contributed by atoms with Gasteiger partial charge in [0.2, 0.25) is 0 Å². The number of alkyl halides is 1. The Balaban J connectivity index is 1.23. The molecular weight excluding hydrogens is 462 g/mol. The molecule has 1 N–H and O–H groups in total. The molecule has 2 aliphatic rings. The first-order chi connectivity index (χ1) is 16.2. The summed E-state index contributed by atoms with van der Waals surface area (Å²) < 4.78 is 16.6. The van der Waals surface area contributed by atoms with Crippen LogP contribution >= 0.6 is 23.4 Å². The van der Waals surface area contributed by atoms with Crippen molar-refractivity contribution in [1.82, 2.24) is 4.90 Å². The molecule has 1 unspecified atom stereocenters. The summed E-state index contributed by atoms with van der Waals surface area (Å²) in [6.45, 7) is 6.06. The Morgan fingerprint density at radius 3 is 2.88 bits per heavy atom. The fraction of sp³-hybridized carbons (Fsp3) is 0.720. The minimum atomic E-state index is -0.119. The number of aliphatic hydroxyl groups excluding tert-OH is 1. The van der Waals surface area contributed by atoms with Gasteiger partial charge in [0.15, 0.2) is 0 Å². The lowest BCUT2D eigenvalue weighted by Crippen LogP contribution is -2.38. The second-order valence-corrected chi connectivity index (χ2v) is 10.5. The zero-order chi connectivity index (χ0) is 23.3. The molecule has 1 heterocycles. The number of morpholine rings is 1. The van der Waals surface area contributed by atoms with Crippen molar-refractivity contribution in [3.05, 3.63) is 29.8 Å². The fourth-order valence-electron chi connectivity index (χ4n) is 4.36. The van der Waals surface area contributed by atoms with Gasteiger partial charge in [-0.3, -0.25) is 9.69 Å². The third-order valence-corrected chi connectivity index (χ3v) is 8.11. The van der Waals surface area contributed by atoms with E-state index < -0.39 is 0 Å². The van der Waals surface area contributed by atoms with Gasteiger partial charge in [-0.25, -0.2) is 0 Å². The molecule has 0 bridgehead atoms. The van der Waals surface area contributed by atoms with Crippen molar-refractivity contribution in [3.63, 3.8) is 0 Å². The molecule has 3 rings (SSSR count). The molecule has 2 fully saturated rings. The van der Waals surface area contributed by atoms with Gasteiger partial charge in [-0.2, -0.15) is 0 Å². The number of nitrogens with zero attached hydrogens (tertiary/aromatic N) is 1. The van der Waals surface area contributed by atoms with Gasteiger partial charge in [-0.1, -0.05) is 12.1 Å². The molecule has 33 heavy (non-hydrogen) atoms. The van der Waals surface area contributed by atoms with Crippen LogP contribution in [0.25, 0.3) is 0 Å². The molecule has 8 heteroatoms. The molecule has 6 nitrogen and oxygen atoms in total. The lowest BCUT2D eigenvalue weighted by Gasteiger charge is -2.26. The predicted octanol–water partition coefficient (Wildman–Crippen LogP) is 3.97. The molecule has 0 amide bonds. The van der Waals surface area contributed by atoms with Crippen molar-refractivity contribution in [1.29, 1.82) is 0 Å². The van der Waals surface area contributed by atoms with Crippen molar-refractivity contribution in [2.75, 3.05) is 58.4 Å². The van der Waals surface area contributed by atoms with Gasteiger partial charge < -0.3 is 19.3 Å². The predicted molar refractivity (Wildman–Crippen MR) is 132 cm³/mol. The number of thioether (sulfide) groups is 1. The van der Waals surface area contributed by atoms with Crippen LogP contribution in [0.15, 0.2) is 29.2 Å². The minimum Gasteiger partial charge on any atom is -0.464 e. The molecule has 1 saturated carbocycles. The highest BCUT2D eigenvalue weighted by molar-refractivity contribution is 7.99. The molecule has 0 radical (unpaired) electrons. The van der Waals surface area contributed by atoms with E-state index in [2.05, 4.69) is 11.0 Å². The highest BCUT2D eigenvalue weighted by Gasteiger charge is 2.34. The summed E-state index contributed by atoms with van der Waals surface area (Å²) in [4.78, 5) is 15.3. The first-order valence-electron chi connectivity index (χ1n) is 12.2. The van der Waals surface area contributed by atoms with E-state index in [4.69, 9.17) is 25.8 Å². The Labute approximate surface area is 207 Å². The van der Waals surface area contributed by atoms with Crippen LogP contribution in [-0.2, 0) is 25.6 Å². The summed E-state index contributed by atoms with van der Waals surface area (Å²) in [5.74, 6) is 1.75. The van der Waals surface area contributed by atoms with Gasteiger partial charge in [0.25, 0.3) is 0 Å². The number of hydrogen-bond donors (Lipinski definition) is 1. The number of rotatable bonds is 14. The molecule has 1 saturated heterocycles. The number of carbonyl (C=O) groups excluding carboxylic acids is 1. The SMILES string of the molecule is O=C(CCCCOC[C@H]1CCC(Cl)[C@@H]1CSc1cccc(CO)c1)OCCN1CCOCC1. The highest BCUT2D eigenvalue weighted by atomic mass is 35.5. The molecule has 1 aromatic carbocycles. The summed E-state index contributed by atoms with van der Waals surface area (Å²) in [5.41, 5.74) is 0.940. The maximum absolute atomic E-state index is 11.9. The van der Waals surface area contributed by atoms with E-state index >= 15 is 0 Å². The minimum absolute atomic E-state index is 0.0680. The van der Waals surface area contributed by atoms with Gasteiger partial charge in [-0.05, 0) is 55.2 Å². The van der Waals surface area contributed by atoms with E-state index in [1.54, 1.807) is 0 Å². The number of ether oxygens (including phenoxy) is 3. The average Bonchev–Trinajstić information content (AvgIpc) is 3.19. The van der Waals surface area contributed by atoms with Gasteiger partial charge in [0.05, 0.1) is 19.8 Å². The van der Waals surface area contributed by atoms with E-state index in [9.17, 15) is 9.90 Å². The lowest BCUT2D eigenvalue weighted by atomic mass is 9.99. The third-order valence-electron chi connectivity index (χ3n) is 6.43. The van der Waals surface area contributed by atoms with Crippen LogP contribution in [0.1, 0.15) is 37.7 Å². The first-order valence-corrected chi connectivity index (χ1v) is 13.6. The highest BCUT2D eigenvalue weighted by Crippen LogP contribution is 2.39. The van der Waals surface area contributed by atoms with Crippen molar-refractivity contribution in [2.45, 2.75) is 49.0 Å². The van der Waals surface area contributed by atoms with Crippen LogP contribution in [-0.4, -0.2) is 79.8 Å². The Kier molecular flexibility index (Phi) is 12.3. The largest absolute Gasteiger partial charge is 0.464 e. The summed E-state index contributed by atoms with van der Waals surface area (Å²) in [5, 5.41) is 9.52. The van der Waals surface area contributed by atoms with E-state index in [0.717, 1.165) is 76.5 Å². The Hall–Kier alpha value is -0.830. The molecule has 0 spiro atoms. The van der Waals surface area contributed by atoms with Gasteiger partial charge >= 0.3 is 5.97 Å². The number of aliphatic hydroxyl groups is 1. The zero-order valence-corrected chi connectivity index (χ0v) is 21.0. The standard InChI is InChI=1S/C25H38ClNO5S/c26-24-8-7-21(23(24)19-33-22-5-3-4-20(16-22)17-28)18-31-12-2-1-6-25(29)32-15-11-27-9-13-30-14-10-27/h3-5,16,21,23-24,28H,1-2,6-15,17-19H2/t21-,23-,24?/m1/s1. The van der Waals surface area contributed by atoms with Crippen molar-refractivity contribution < 1.29 is 24.1 Å². The molecule has 1 aliphatic carbocycles. The van der Waals surface area contributed by atoms with E-state index in [0.29, 0.717) is 31.5 Å². The molecule has 0 aromatic heterocycles. The number of benzene rings is 1. The monoisotopic (exact) mass is 499 g/mol. The van der Waals surface area contributed by atoms with E-state index in [1.165, 1.54) is 4.90 Å². The Morgan fingerprint density at radius 2 is 2.06 bits per heavy atom. The molecule has 186 valence electrons. The second kappa shape index (κ2) is 15.2. The number of hydrogen-bond acceptors (Lipinski definition) is 7. The number of carbonyl (C=O) groups is 1. The quantitative estimate of drug-likeness (QED) is 0.180. The van der Waals surface area contributed by atoms with Crippen molar-refractivity contribution in [2.24, 2.45) is 11.8 Å². The Bertz CT molecular complexity index is 703. The molecule has 3 atom stereocenters. The van der Waals surface area contributed by atoms with Crippen LogP contribution < -0.4 is 0 Å². The summed E-state index contributed by atoms with van der Waals surface area (Å²) in [7, 11) is 0. The first kappa shape index (κ1) is 26.8. The molecule has 1 aromatic rings. The number of unbranched alkanes of at least 4 members (excludes halogenated alkanes) is 1. The van der Waals surface area contributed by atoms with Crippen molar-refractivity contribution in [3.8, 4) is 0 Å². The third kappa shape index (κ3) is 9.74. The second-order valence-electron chi connectivity index (χ2n) is 8.84. The Morgan fingerprint density at radius 1 is 1.21 bits per heavy atom. The van der Waals surface area contributed by atoms with Crippen LogP contribution in [0, 0.1) is 11.8 Å². The molecule has 1 aliphatic heterocycles. The fourth-order valence-corrected chi connectivity index (χ4v) is 6.19. The summed E-state index contributed by atoms with van der Waals surface area (Å²) in [6.07, 6.45) is 4.24. The number of esters is 1. The average molecular weight is 500 g/mol. The maximum Gasteiger partial charge on any atom is 0.305 e. The van der Waals surface area contributed by atoms with Crippen LogP contribution in [0.4, 0.5) is 0 Å². The van der Waals surface area contributed by atoms with Gasteiger partial charge in [0.1, 0.15) is 6.61 Å². The smallest absolute Gasteiger partial charge is 0.305 e. The number of halogens is 1. The van der Waals surface area contributed by atoms with Crippen LogP contribution in [0.5, 0.6) is 0 Å². The van der Waals surface area contributed by atoms with E-state index in [1.807, 2.05) is 30.0 Å². The van der Waals surface area contributed by atoms with Crippen molar-refractivity contribution >= 4 is 29.3 Å². The lowest BCUT2D eigenvalue weighted by molar-refractivity contribution is -0.144.